The SMILES string of the molecule is CS(=O)(=O)N1CCC(C(=O)NCc2ccccc2)Oc2ccc(Cl)cc21. The zero-order chi connectivity index (χ0) is 18.7. The van der Waals surface area contributed by atoms with E-state index in [0.29, 0.717) is 23.0 Å². The van der Waals surface area contributed by atoms with Gasteiger partial charge in [0.15, 0.2) is 6.10 Å². The Bertz CT molecular complexity index is 903. The summed E-state index contributed by atoms with van der Waals surface area (Å²) in [5.74, 6) is 0.0299. The van der Waals surface area contributed by atoms with Gasteiger partial charge in [-0.15, -0.1) is 0 Å². The first-order valence-electron chi connectivity index (χ1n) is 8.10. The van der Waals surface area contributed by atoms with Crippen LogP contribution in [0.15, 0.2) is 48.5 Å². The molecule has 0 spiro atoms. The molecule has 2 aromatic carbocycles. The lowest BCUT2D eigenvalue weighted by molar-refractivity contribution is -0.128. The maximum Gasteiger partial charge on any atom is 0.261 e. The van der Waals surface area contributed by atoms with E-state index in [9.17, 15) is 13.2 Å². The van der Waals surface area contributed by atoms with Crippen molar-refractivity contribution in [1.29, 1.82) is 0 Å². The molecular weight excluding hydrogens is 376 g/mol. The minimum atomic E-state index is -3.52. The number of amides is 1. The summed E-state index contributed by atoms with van der Waals surface area (Å²) in [6.45, 7) is 0.512. The monoisotopic (exact) mass is 394 g/mol. The van der Waals surface area contributed by atoms with Crippen LogP contribution in [0.1, 0.15) is 12.0 Å². The van der Waals surface area contributed by atoms with Gasteiger partial charge < -0.3 is 10.1 Å². The summed E-state index contributed by atoms with van der Waals surface area (Å²) in [5, 5.41) is 3.23. The van der Waals surface area contributed by atoms with Crippen LogP contribution in [0, 0.1) is 0 Å². The molecule has 3 rings (SSSR count). The van der Waals surface area contributed by atoms with Gasteiger partial charge in [0.1, 0.15) is 5.75 Å². The summed E-state index contributed by atoms with van der Waals surface area (Å²) in [7, 11) is -3.52. The van der Waals surface area contributed by atoms with Gasteiger partial charge in [0.2, 0.25) is 10.0 Å². The molecule has 1 aliphatic rings. The molecule has 1 aliphatic heterocycles. The van der Waals surface area contributed by atoms with Crippen molar-refractivity contribution in [3.8, 4) is 5.75 Å². The van der Waals surface area contributed by atoms with Crippen molar-refractivity contribution >= 4 is 33.2 Å². The van der Waals surface area contributed by atoms with Gasteiger partial charge in [0.25, 0.3) is 5.91 Å². The Morgan fingerprint density at radius 3 is 2.69 bits per heavy atom. The average molecular weight is 395 g/mol. The Balaban J connectivity index is 1.79. The molecule has 0 saturated heterocycles. The van der Waals surface area contributed by atoms with Crippen molar-refractivity contribution in [3.63, 3.8) is 0 Å². The van der Waals surface area contributed by atoms with Gasteiger partial charge >= 0.3 is 0 Å². The summed E-state index contributed by atoms with van der Waals surface area (Å²) in [6.07, 6.45) is 0.568. The van der Waals surface area contributed by atoms with Crippen molar-refractivity contribution in [2.45, 2.75) is 19.1 Å². The Labute approximate surface area is 157 Å². The van der Waals surface area contributed by atoms with Gasteiger partial charge in [0.05, 0.1) is 11.9 Å². The summed E-state index contributed by atoms with van der Waals surface area (Å²) >= 11 is 6.01. The van der Waals surface area contributed by atoms with E-state index in [1.54, 1.807) is 12.1 Å². The lowest BCUT2D eigenvalue weighted by Crippen LogP contribution is -2.39. The fraction of sp³-hybridized carbons (Fsp3) is 0.278. The second-order valence-electron chi connectivity index (χ2n) is 6.05. The van der Waals surface area contributed by atoms with E-state index in [1.165, 1.54) is 10.4 Å². The van der Waals surface area contributed by atoms with Crippen LogP contribution in [-0.4, -0.2) is 33.2 Å². The quantitative estimate of drug-likeness (QED) is 0.864. The Hall–Kier alpha value is -2.25. The molecule has 1 unspecified atom stereocenters. The molecule has 0 aliphatic carbocycles. The predicted molar refractivity (Wildman–Crippen MR) is 101 cm³/mol. The largest absolute Gasteiger partial charge is 0.478 e. The highest BCUT2D eigenvalue weighted by Gasteiger charge is 2.31. The number of ether oxygens (including phenoxy) is 1. The molecule has 0 fully saturated rings. The highest BCUT2D eigenvalue weighted by atomic mass is 35.5. The number of benzene rings is 2. The topological polar surface area (TPSA) is 75.7 Å². The first-order valence-corrected chi connectivity index (χ1v) is 10.3. The summed E-state index contributed by atoms with van der Waals surface area (Å²) in [6, 6.07) is 14.2. The van der Waals surface area contributed by atoms with E-state index in [1.807, 2.05) is 30.3 Å². The fourth-order valence-corrected chi connectivity index (χ4v) is 3.88. The van der Waals surface area contributed by atoms with Crippen molar-refractivity contribution in [2.24, 2.45) is 0 Å². The molecule has 138 valence electrons. The highest BCUT2D eigenvalue weighted by molar-refractivity contribution is 7.92. The minimum absolute atomic E-state index is 0.135. The van der Waals surface area contributed by atoms with Gasteiger partial charge in [-0.1, -0.05) is 41.9 Å². The molecule has 0 bridgehead atoms. The number of hydrogen-bond acceptors (Lipinski definition) is 4. The molecule has 1 amide bonds. The fourth-order valence-electron chi connectivity index (χ4n) is 2.78. The van der Waals surface area contributed by atoms with Gasteiger partial charge in [-0.25, -0.2) is 8.42 Å². The smallest absolute Gasteiger partial charge is 0.261 e. The molecular formula is C18H19ClN2O4S. The van der Waals surface area contributed by atoms with Crippen LogP contribution in [0.4, 0.5) is 5.69 Å². The van der Waals surface area contributed by atoms with E-state index in [2.05, 4.69) is 5.32 Å². The predicted octanol–water partition coefficient (Wildman–Crippen LogP) is 2.57. The normalized spacial score (nSPS) is 17.0. The van der Waals surface area contributed by atoms with E-state index < -0.39 is 16.1 Å². The van der Waals surface area contributed by atoms with E-state index in [4.69, 9.17) is 16.3 Å². The Kier molecular flexibility index (Phi) is 5.38. The minimum Gasteiger partial charge on any atom is -0.478 e. The Morgan fingerprint density at radius 2 is 2.00 bits per heavy atom. The number of carbonyl (C=O) groups excluding carboxylic acids is 1. The van der Waals surface area contributed by atoms with Crippen LogP contribution in [0.25, 0.3) is 0 Å². The van der Waals surface area contributed by atoms with Crippen LogP contribution in [-0.2, 0) is 21.4 Å². The lowest BCUT2D eigenvalue weighted by Gasteiger charge is -2.21. The first kappa shape index (κ1) is 18.5. The maximum absolute atomic E-state index is 12.5. The lowest BCUT2D eigenvalue weighted by atomic mass is 10.2. The third-order valence-corrected chi connectivity index (χ3v) is 5.47. The van der Waals surface area contributed by atoms with Gasteiger partial charge in [-0.3, -0.25) is 9.10 Å². The molecule has 8 heteroatoms. The maximum atomic E-state index is 12.5. The molecule has 1 N–H and O–H groups in total. The second-order valence-corrected chi connectivity index (χ2v) is 8.39. The molecule has 0 radical (unpaired) electrons. The first-order chi connectivity index (χ1) is 12.3. The summed E-state index contributed by atoms with van der Waals surface area (Å²) < 4.78 is 31.3. The van der Waals surface area contributed by atoms with Crippen molar-refractivity contribution in [1.82, 2.24) is 5.32 Å². The third-order valence-electron chi connectivity index (χ3n) is 4.06. The van der Waals surface area contributed by atoms with Gasteiger partial charge in [-0.05, 0) is 23.8 Å². The zero-order valence-corrected chi connectivity index (χ0v) is 15.8. The van der Waals surface area contributed by atoms with Gasteiger partial charge in [-0.2, -0.15) is 0 Å². The number of nitrogens with zero attached hydrogens (tertiary/aromatic N) is 1. The van der Waals surface area contributed by atoms with Crippen LogP contribution < -0.4 is 14.4 Å². The molecule has 26 heavy (non-hydrogen) atoms. The highest BCUT2D eigenvalue weighted by Crippen LogP contribution is 2.36. The summed E-state index contributed by atoms with van der Waals surface area (Å²) in [5.41, 5.74) is 1.32. The Morgan fingerprint density at radius 1 is 1.27 bits per heavy atom. The van der Waals surface area contributed by atoms with Crippen LogP contribution in [0.3, 0.4) is 0 Å². The van der Waals surface area contributed by atoms with E-state index in [-0.39, 0.29) is 18.9 Å². The van der Waals surface area contributed by atoms with Crippen LogP contribution in [0.2, 0.25) is 5.02 Å². The standard InChI is InChI=1S/C18H19ClN2O4S/c1-26(23,24)21-10-9-17(25-16-8-7-14(19)11-15(16)21)18(22)20-12-13-5-3-2-4-6-13/h2-8,11,17H,9-10,12H2,1H3,(H,20,22). The molecule has 2 aromatic rings. The molecule has 1 atom stereocenters. The molecule has 0 aromatic heterocycles. The van der Waals surface area contributed by atoms with Crippen LogP contribution >= 0.6 is 11.6 Å². The number of rotatable bonds is 4. The summed E-state index contributed by atoms with van der Waals surface area (Å²) in [4.78, 5) is 12.5. The number of anilines is 1. The van der Waals surface area contributed by atoms with Crippen LogP contribution in [0.5, 0.6) is 5.75 Å². The number of sulfonamides is 1. The van der Waals surface area contributed by atoms with Crippen molar-refractivity contribution in [2.75, 3.05) is 17.1 Å². The third kappa shape index (κ3) is 4.28. The zero-order valence-electron chi connectivity index (χ0n) is 14.2. The number of halogens is 1. The molecule has 6 nitrogen and oxygen atoms in total. The van der Waals surface area contributed by atoms with Gasteiger partial charge in [0, 0.05) is 24.5 Å². The van der Waals surface area contributed by atoms with Crippen molar-refractivity contribution in [3.05, 3.63) is 59.1 Å². The number of fused-ring (bicyclic) bond motifs is 1. The number of hydrogen-bond donors (Lipinski definition) is 1. The second kappa shape index (κ2) is 7.55. The van der Waals surface area contributed by atoms with Crippen molar-refractivity contribution < 1.29 is 17.9 Å². The number of nitrogens with one attached hydrogen (secondary N) is 1. The molecule has 1 heterocycles. The van der Waals surface area contributed by atoms with E-state index >= 15 is 0 Å². The number of carbonyl (C=O) groups is 1. The van der Waals surface area contributed by atoms with E-state index in [0.717, 1.165) is 11.8 Å². The molecule has 0 saturated carbocycles. The average Bonchev–Trinajstić information content (AvgIpc) is 2.79.